The molecule has 0 saturated heterocycles. The molecule has 2 aromatic carbocycles. The maximum absolute atomic E-state index is 13.5. The van der Waals surface area contributed by atoms with Crippen molar-refractivity contribution in [2.45, 2.75) is 44.9 Å². The topological polar surface area (TPSA) is 45.1 Å². The van der Waals surface area contributed by atoms with Crippen LogP contribution in [-0.2, 0) is 11.4 Å². The Balaban J connectivity index is 1.63. The van der Waals surface area contributed by atoms with Crippen molar-refractivity contribution in [3.63, 3.8) is 0 Å². The van der Waals surface area contributed by atoms with Crippen molar-refractivity contribution in [3.8, 4) is 0 Å². The largest absolute Gasteiger partial charge is 0.392 e. The summed E-state index contributed by atoms with van der Waals surface area (Å²) in [6.45, 7) is 3.79. The molecule has 5 heteroatoms. The Labute approximate surface area is 160 Å². The van der Waals surface area contributed by atoms with Crippen LogP contribution in [0.25, 0.3) is 0 Å². The molecule has 0 bridgehead atoms. The molecule has 0 aliphatic carbocycles. The molecule has 1 aliphatic rings. The Morgan fingerprint density at radius 3 is 2.78 bits per heavy atom. The highest BCUT2D eigenvalue weighted by atomic mass is 19.1. The molecule has 0 saturated carbocycles. The molecule has 3 rings (SSSR count). The van der Waals surface area contributed by atoms with Crippen LogP contribution in [0.4, 0.5) is 4.39 Å². The van der Waals surface area contributed by atoms with E-state index in [1.165, 1.54) is 6.07 Å². The van der Waals surface area contributed by atoms with Gasteiger partial charge in [0.25, 0.3) is 0 Å². The number of aliphatic hydroxyl groups excluding tert-OH is 1. The second-order valence-electron chi connectivity index (χ2n) is 7.10. The SMILES string of the molecule is CCC[C@@H](O)CN(Cc1cccc(F)c1)C[C@H]1CC(c2ccccc2)=NO1. The first-order valence-electron chi connectivity index (χ1n) is 9.57. The minimum atomic E-state index is -0.403. The fourth-order valence-corrected chi connectivity index (χ4v) is 3.44. The summed E-state index contributed by atoms with van der Waals surface area (Å²) in [4.78, 5) is 7.77. The van der Waals surface area contributed by atoms with Crippen molar-refractivity contribution in [1.82, 2.24) is 4.90 Å². The minimum absolute atomic E-state index is 0.0670. The molecule has 0 fully saturated rings. The lowest BCUT2D eigenvalue weighted by Gasteiger charge is -2.27. The molecule has 1 heterocycles. The predicted molar refractivity (Wildman–Crippen MR) is 105 cm³/mol. The van der Waals surface area contributed by atoms with Crippen LogP contribution in [-0.4, -0.2) is 41.0 Å². The number of benzene rings is 2. The van der Waals surface area contributed by atoms with E-state index in [2.05, 4.69) is 17.0 Å². The molecule has 0 spiro atoms. The molecule has 1 aliphatic heterocycles. The average Bonchev–Trinajstić information content (AvgIpc) is 3.11. The number of oxime groups is 1. The van der Waals surface area contributed by atoms with Gasteiger partial charge in [-0.15, -0.1) is 0 Å². The molecule has 0 aromatic heterocycles. The lowest BCUT2D eigenvalue weighted by molar-refractivity contribution is 0.0305. The molecule has 0 unspecified atom stereocenters. The Hall–Kier alpha value is -2.24. The van der Waals surface area contributed by atoms with Crippen LogP contribution in [0.2, 0.25) is 0 Å². The van der Waals surface area contributed by atoms with Crippen molar-refractivity contribution in [3.05, 3.63) is 71.5 Å². The maximum Gasteiger partial charge on any atom is 0.145 e. The summed E-state index contributed by atoms with van der Waals surface area (Å²) in [5.74, 6) is -0.242. The van der Waals surface area contributed by atoms with E-state index in [9.17, 15) is 9.50 Å². The molecular weight excluding hydrogens is 343 g/mol. The molecule has 4 nitrogen and oxygen atoms in total. The van der Waals surface area contributed by atoms with E-state index in [1.807, 2.05) is 36.4 Å². The van der Waals surface area contributed by atoms with Gasteiger partial charge in [0.1, 0.15) is 11.9 Å². The third kappa shape index (κ3) is 5.88. The molecule has 0 amide bonds. The molecule has 1 N–H and O–H groups in total. The van der Waals surface area contributed by atoms with Crippen LogP contribution in [0, 0.1) is 5.82 Å². The van der Waals surface area contributed by atoms with Crippen molar-refractivity contribution in [2.75, 3.05) is 13.1 Å². The summed E-state index contributed by atoms with van der Waals surface area (Å²) in [7, 11) is 0. The fraction of sp³-hybridized carbons (Fsp3) is 0.409. The van der Waals surface area contributed by atoms with Crippen LogP contribution in [0.15, 0.2) is 59.8 Å². The number of nitrogens with zero attached hydrogens (tertiary/aromatic N) is 2. The second kappa shape index (κ2) is 9.62. The Kier molecular flexibility index (Phi) is 6.96. The monoisotopic (exact) mass is 370 g/mol. The summed E-state index contributed by atoms with van der Waals surface area (Å²) < 4.78 is 13.5. The van der Waals surface area contributed by atoms with Gasteiger partial charge < -0.3 is 9.94 Å². The lowest BCUT2D eigenvalue weighted by Crippen LogP contribution is -2.37. The standard InChI is InChI=1S/C22H27FN2O2/c1-2-7-20(26)15-25(14-17-8-6-11-19(23)12-17)16-21-13-22(24-27-21)18-9-4-3-5-10-18/h3-6,8-12,20-21,26H,2,7,13-16H2,1H3/t20-,21-/m1/s1. The fourth-order valence-electron chi connectivity index (χ4n) is 3.44. The highest BCUT2D eigenvalue weighted by Crippen LogP contribution is 2.19. The first-order valence-corrected chi connectivity index (χ1v) is 9.57. The highest BCUT2D eigenvalue weighted by molar-refractivity contribution is 6.01. The van der Waals surface area contributed by atoms with E-state index in [0.29, 0.717) is 19.6 Å². The zero-order valence-corrected chi connectivity index (χ0v) is 15.7. The summed E-state index contributed by atoms with van der Waals surface area (Å²) >= 11 is 0. The van der Waals surface area contributed by atoms with Crippen molar-refractivity contribution >= 4 is 5.71 Å². The van der Waals surface area contributed by atoms with E-state index in [0.717, 1.165) is 36.1 Å². The third-order valence-electron chi connectivity index (χ3n) is 4.69. The first kappa shape index (κ1) is 19.5. The van der Waals surface area contributed by atoms with Crippen molar-refractivity contribution in [1.29, 1.82) is 0 Å². The predicted octanol–water partition coefficient (Wildman–Crippen LogP) is 3.98. The molecule has 0 radical (unpaired) electrons. The van der Waals surface area contributed by atoms with Crippen molar-refractivity contribution < 1.29 is 14.3 Å². The van der Waals surface area contributed by atoms with Crippen LogP contribution < -0.4 is 0 Å². The van der Waals surface area contributed by atoms with Gasteiger partial charge in [-0.25, -0.2) is 4.39 Å². The van der Waals surface area contributed by atoms with Crippen molar-refractivity contribution in [2.24, 2.45) is 5.16 Å². The van der Waals surface area contributed by atoms with Gasteiger partial charge in [-0.1, -0.05) is 61.0 Å². The van der Waals surface area contributed by atoms with Gasteiger partial charge >= 0.3 is 0 Å². The smallest absolute Gasteiger partial charge is 0.145 e. The van der Waals surface area contributed by atoms with E-state index in [4.69, 9.17) is 4.84 Å². The summed E-state index contributed by atoms with van der Waals surface area (Å²) in [6.07, 6.45) is 1.93. The summed E-state index contributed by atoms with van der Waals surface area (Å²) in [5.41, 5.74) is 2.91. The molecule has 27 heavy (non-hydrogen) atoms. The maximum atomic E-state index is 13.5. The molecular formula is C22H27FN2O2. The third-order valence-corrected chi connectivity index (χ3v) is 4.69. The Bertz CT molecular complexity index is 751. The van der Waals surface area contributed by atoms with Gasteiger partial charge in [0, 0.05) is 26.1 Å². The Morgan fingerprint density at radius 2 is 2.04 bits per heavy atom. The Morgan fingerprint density at radius 1 is 1.22 bits per heavy atom. The zero-order valence-electron chi connectivity index (χ0n) is 15.7. The van der Waals surface area contributed by atoms with E-state index in [1.54, 1.807) is 12.1 Å². The number of halogens is 1. The average molecular weight is 370 g/mol. The van der Waals surface area contributed by atoms with Gasteiger partial charge in [-0.3, -0.25) is 4.90 Å². The van der Waals surface area contributed by atoms with E-state index in [-0.39, 0.29) is 11.9 Å². The molecule has 144 valence electrons. The van der Waals surface area contributed by atoms with Crippen LogP contribution in [0.3, 0.4) is 0 Å². The second-order valence-corrected chi connectivity index (χ2v) is 7.10. The molecule has 2 aromatic rings. The number of hydrogen-bond acceptors (Lipinski definition) is 4. The van der Waals surface area contributed by atoms with Crippen LogP contribution in [0.1, 0.15) is 37.3 Å². The summed E-state index contributed by atoms with van der Waals surface area (Å²) in [5, 5.41) is 14.5. The van der Waals surface area contributed by atoms with Gasteiger partial charge in [-0.2, -0.15) is 0 Å². The number of aliphatic hydroxyl groups is 1. The first-order chi connectivity index (χ1) is 13.1. The van der Waals surface area contributed by atoms with Crippen LogP contribution >= 0.6 is 0 Å². The summed E-state index contributed by atoms with van der Waals surface area (Å²) in [6, 6.07) is 16.6. The van der Waals surface area contributed by atoms with Gasteiger partial charge in [0.15, 0.2) is 0 Å². The van der Waals surface area contributed by atoms with Gasteiger partial charge in [0.05, 0.1) is 11.8 Å². The van der Waals surface area contributed by atoms with E-state index < -0.39 is 6.10 Å². The lowest BCUT2D eigenvalue weighted by atomic mass is 10.0. The molecule has 2 atom stereocenters. The quantitative estimate of drug-likeness (QED) is 0.726. The van der Waals surface area contributed by atoms with E-state index >= 15 is 0 Å². The number of rotatable bonds is 9. The zero-order chi connectivity index (χ0) is 19.1. The minimum Gasteiger partial charge on any atom is -0.392 e. The normalized spacial score (nSPS) is 17.6. The van der Waals surface area contributed by atoms with Gasteiger partial charge in [0.2, 0.25) is 0 Å². The van der Waals surface area contributed by atoms with Gasteiger partial charge in [-0.05, 0) is 29.7 Å². The van der Waals surface area contributed by atoms with Crippen LogP contribution in [0.5, 0.6) is 0 Å². The highest BCUT2D eigenvalue weighted by Gasteiger charge is 2.25. The number of hydrogen-bond donors (Lipinski definition) is 1.